The normalized spacial score (nSPS) is 19.3. The molecule has 0 aromatic carbocycles. The molecule has 1 aromatic rings. The number of amides is 2. The summed E-state index contributed by atoms with van der Waals surface area (Å²) in [6.07, 6.45) is -5.10. The predicted octanol–water partition coefficient (Wildman–Crippen LogP) is 2.24. The number of aryl methyl sites for hydroxylation is 2. The van der Waals surface area contributed by atoms with E-state index in [2.05, 4.69) is 10.5 Å². The fourth-order valence-corrected chi connectivity index (χ4v) is 2.73. The van der Waals surface area contributed by atoms with Crippen LogP contribution in [0.2, 0.25) is 0 Å². The Morgan fingerprint density at radius 2 is 2.08 bits per heavy atom. The third-order valence-electron chi connectivity index (χ3n) is 4.06. The third-order valence-corrected chi connectivity index (χ3v) is 4.06. The Hall–Kier alpha value is -2.06. The number of carbonyl (C=O) groups is 2. The minimum Gasteiger partial charge on any atom is -0.361 e. The van der Waals surface area contributed by atoms with E-state index in [1.54, 1.807) is 18.7 Å². The Morgan fingerprint density at radius 3 is 2.67 bits per heavy atom. The van der Waals surface area contributed by atoms with Crippen LogP contribution in [0.4, 0.5) is 13.2 Å². The van der Waals surface area contributed by atoms with Crippen LogP contribution in [0.5, 0.6) is 0 Å². The lowest BCUT2D eigenvalue weighted by Crippen LogP contribution is -2.37. The van der Waals surface area contributed by atoms with Crippen LogP contribution in [-0.2, 0) is 16.1 Å². The minimum absolute atomic E-state index is 0.0948. The van der Waals surface area contributed by atoms with Crippen LogP contribution in [0.15, 0.2) is 4.52 Å². The number of hydrogen-bond donors (Lipinski definition) is 1. The Labute approximate surface area is 137 Å². The number of aromatic nitrogens is 1. The van der Waals surface area contributed by atoms with Gasteiger partial charge in [0.25, 0.3) is 0 Å². The van der Waals surface area contributed by atoms with Gasteiger partial charge in [0.2, 0.25) is 11.8 Å². The number of carbonyl (C=O) groups excluding carboxylic acids is 2. The largest absolute Gasteiger partial charge is 0.397 e. The molecule has 1 atom stereocenters. The van der Waals surface area contributed by atoms with E-state index >= 15 is 0 Å². The lowest BCUT2D eigenvalue weighted by Gasteiger charge is -2.21. The van der Waals surface area contributed by atoms with Crippen molar-refractivity contribution in [2.24, 2.45) is 0 Å². The second-order valence-electron chi connectivity index (χ2n) is 6.00. The maximum absolute atomic E-state index is 12.2. The second-order valence-corrected chi connectivity index (χ2v) is 6.00. The molecule has 1 fully saturated rings. The predicted molar refractivity (Wildman–Crippen MR) is 77.8 cm³/mol. The summed E-state index contributed by atoms with van der Waals surface area (Å²) < 4.78 is 41.7. The first kappa shape index (κ1) is 18.3. The molecular formula is C15H20F3N3O3. The van der Waals surface area contributed by atoms with Crippen LogP contribution in [0, 0.1) is 13.8 Å². The summed E-state index contributed by atoms with van der Waals surface area (Å²) in [6, 6.07) is -0.432. The highest BCUT2D eigenvalue weighted by Gasteiger charge is 2.32. The maximum Gasteiger partial charge on any atom is 0.397 e. The molecule has 2 heterocycles. The highest BCUT2D eigenvalue weighted by atomic mass is 19.4. The van der Waals surface area contributed by atoms with Crippen LogP contribution in [0.25, 0.3) is 0 Å². The molecule has 134 valence electrons. The quantitative estimate of drug-likeness (QED) is 0.906. The van der Waals surface area contributed by atoms with Crippen molar-refractivity contribution < 1.29 is 27.3 Å². The van der Waals surface area contributed by atoms with E-state index in [4.69, 9.17) is 4.52 Å². The lowest BCUT2D eigenvalue weighted by atomic mass is 10.1. The van der Waals surface area contributed by atoms with Crippen LogP contribution >= 0.6 is 0 Å². The minimum atomic E-state index is -4.53. The van der Waals surface area contributed by atoms with Crippen molar-refractivity contribution in [3.63, 3.8) is 0 Å². The van der Waals surface area contributed by atoms with Gasteiger partial charge in [0, 0.05) is 24.6 Å². The van der Waals surface area contributed by atoms with E-state index in [0.717, 1.165) is 5.56 Å². The number of likely N-dealkylation sites (tertiary alicyclic amines) is 1. The number of alkyl halides is 3. The van der Waals surface area contributed by atoms with Gasteiger partial charge in [0.05, 0.1) is 12.2 Å². The zero-order chi connectivity index (χ0) is 17.9. The average Bonchev–Trinajstić information content (AvgIpc) is 2.66. The Morgan fingerprint density at radius 1 is 1.38 bits per heavy atom. The van der Waals surface area contributed by atoms with Crippen LogP contribution < -0.4 is 5.32 Å². The van der Waals surface area contributed by atoms with Crippen molar-refractivity contribution >= 4 is 11.8 Å². The molecule has 1 aliphatic heterocycles. The number of nitrogens with zero attached hydrogens (tertiary/aromatic N) is 2. The van der Waals surface area contributed by atoms with Gasteiger partial charge in [-0.25, -0.2) is 0 Å². The Kier molecular flexibility index (Phi) is 5.51. The van der Waals surface area contributed by atoms with E-state index in [1.807, 2.05) is 0 Å². The van der Waals surface area contributed by atoms with E-state index < -0.39 is 24.5 Å². The van der Waals surface area contributed by atoms with Crippen molar-refractivity contribution in [3.8, 4) is 0 Å². The second kappa shape index (κ2) is 7.23. The summed E-state index contributed by atoms with van der Waals surface area (Å²) in [7, 11) is 0. The summed E-state index contributed by atoms with van der Waals surface area (Å²) in [5.41, 5.74) is 1.54. The van der Waals surface area contributed by atoms with E-state index in [0.29, 0.717) is 37.4 Å². The van der Waals surface area contributed by atoms with Gasteiger partial charge in [-0.05, 0) is 26.7 Å². The standard InChI is InChI=1S/C15H20F3N3O3/c1-9-12(10(2)24-20-9)8-21-6-5-11(3-4-14(21)23)19-13(22)7-15(16,17)18/h11H,3-8H2,1-2H3,(H,19,22). The van der Waals surface area contributed by atoms with Crippen molar-refractivity contribution in [1.29, 1.82) is 0 Å². The molecule has 2 amide bonds. The van der Waals surface area contributed by atoms with E-state index in [9.17, 15) is 22.8 Å². The molecule has 9 heteroatoms. The number of rotatable bonds is 4. The Bertz CT molecular complexity index is 593. The first-order valence-electron chi connectivity index (χ1n) is 7.71. The van der Waals surface area contributed by atoms with Crippen molar-refractivity contribution in [3.05, 3.63) is 17.0 Å². The molecule has 0 bridgehead atoms. The first-order chi connectivity index (χ1) is 11.2. The zero-order valence-electron chi connectivity index (χ0n) is 13.6. The van der Waals surface area contributed by atoms with Crippen molar-refractivity contribution in [2.75, 3.05) is 6.54 Å². The van der Waals surface area contributed by atoms with E-state index in [1.165, 1.54) is 0 Å². The molecule has 1 aliphatic rings. The van der Waals surface area contributed by atoms with Gasteiger partial charge in [-0.15, -0.1) is 0 Å². The van der Waals surface area contributed by atoms with Crippen LogP contribution in [-0.4, -0.2) is 40.6 Å². The van der Waals surface area contributed by atoms with Crippen LogP contribution in [0.3, 0.4) is 0 Å². The third kappa shape index (κ3) is 4.97. The van der Waals surface area contributed by atoms with Gasteiger partial charge in [-0.1, -0.05) is 5.16 Å². The first-order valence-corrected chi connectivity index (χ1v) is 7.71. The molecular weight excluding hydrogens is 327 g/mol. The van der Waals surface area contributed by atoms with Gasteiger partial charge in [0.1, 0.15) is 12.2 Å². The molecule has 1 N–H and O–H groups in total. The molecule has 1 saturated heterocycles. The molecule has 0 radical (unpaired) electrons. The highest BCUT2D eigenvalue weighted by molar-refractivity contribution is 5.78. The Balaban J connectivity index is 1.93. The van der Waals surface area contributed by atoms with Gasteiger partial charge in [0.15, 0.2) is 0 Å². The van der Waals surface area contributed by atoms with Gasteiger partial charge in [-0.3, -0.25) is 9.59 Å². The smallest absolute Gasteiger partial charge is 0.361 e. The maximum atomic E-state index is 12.2. The summed E-state index contributed by atoms with van der Waals surface area (Å²) in [6.45, 7) is 4.26. The molecule has 2 rings (SSSR count). The van der Waals surface area contributed by atoms with E-state index in [-0.39, 0.29) is 12.3 Å². The fraction of sp³-hybridized carbons (Fsp3) is 0.667. The number of hydrogen-bond acceptors (Lipinski definition) is 4. The molecule has 1 aromatic heterocycles. The average molecular weight is 347 g/mol. The summed E-state index contributed by atoms with van der Waals surface area (Å²) >= 11 is 0. The summed E-state index contributed by atoms with van der Waals surface area (Å²) in [5.74, 6) is -0.513. The molecule has 24 heavy (non-hydrogen) atoms. The molecule has 0 saturated carbocycles. The lowest BCUT2D eigenvalue weighted by molar-refractivity contribution is -0.154. The number of nitrogens with one attached hydrogen (secondary N) is 1. The van der Waals surface area contributed by atoms with Crippen molar-refractivity contribution in [2.45, 2.75) is 58.3 Å². The fourth-order valence-electron chi connectivity index (χ4n) is 2.73. The molecule has 0 aliphatic carbocycles. The SMILES string of the molecule is Cc1noc(C)c1CN1CCC(NC(=O)CC(F)(F)F)CCC1=O. The topological polar surface area (TPSA) is 75.4 Å². The molecule has 1 unspecified atom stereocenters. The molecule has 0 spiro atoms. The summed E-state index contributed by atoms with van der Waals surface area (Å²) in [5, 5.41) is 6.21. The highest BCUT2D eigenvalue weighted by Crippen LogP contribution is 2.21. The van der Waals surface area contributed by atoms with Gasteiger partial charge < -0.3 is 14.7 Å². The van der Waals surface area contributed by atoms with Gasteiger partial charge in [-0.2, -0.15) is 13.2 Å². The van der Waals surface area contributed by atoms with Crippen molar-refractivity contribution in [1.82, 2.24) is 15.4 Å². The number of halogens is 3. The van der Waals surface area contributed by atoms with Crippen LogP contribution in [0.1, 0.15) is 42.7 Å². The van der Waals surface area contributed by atoms with Gasteiger partial charge >= 0.3 is 6.18 Å². The summed E-state index contributed by atoms with van der Waals surface area (Å²) in [4.78, 5) is 25.2. The molecule has 6 nitrogen and oxygen atoms in total. The zero-order valence-corrected chi connectivity index (χ0v) is 13.6. The monoisotopic (exact) mass is 347 g/mol.